The van der Waals surface area contributed by atoms with Crippen molar-refractivity contribution in [3.63, 3.8) is 0 Å². The molecule has 2 heteroatoms. The number of hydrogen-bond donors (Lipinski definition) is 1. The van der Waals surface area contributed by atoms with Gasteiger partial charge in [-0.15, -0.1) is 0 Å². The lowest BCUT2D eigenvalue weighted by atomic mass is 9.91. The van der Waals surface area contributed by atoms with Gasteiger partial charge < -0.3 is 5.11 Å². The predicted molar refractivity (Wildman–Crippen MR) is 48.7 cm³/mol. The summed E-state index contributed by atoms with van der Waals surface area (Å²) >= 11 is 0. The predicted octanol–water partition coefficient (Wildman–Crippen LogP) is 2.44. The molecule has 13 heavy (non-hydrogen) atoms. The van der Waals surface area contributed by atoms with E-state index in [9.17, 15) is 9.50 Å². The molecule has 1 aliphatic rings. The van der Waals surface area contributed by atoms with Crippen molar-refractivity contribution in [2.75, 3.05) is 0 Å². The lowest BCUT2D eigenvalue weighted by Gasteiger charge is -2.23. The molecule has 0 radical (unpaired) electrons. The molecule has 0 bridgehead atoms. The summed E-state index contributed by atoms with van der Waals surface area (Å²) in [6.45, 7) is 1.80. The maximum absolute atomic E-state index is 12.6. The van der Waals surface area contributed by atoms with Crippen LogP contribution in [0.5, 0.6) is 0 Å². The van der Waals surface area contributed by atoms with Crippen LogP contribution >= 0.6 is 0 Å². The van der Waals surface area contributed by atoms with Gasteiger partial charge in [-0.25, -0.2) is 4.39 Å². The van der Waals surface area contributed by atoms with E-state index in [1.165, 1.54) is 12.1 Å². The molecule has 1 fully saturated rings. The van der Waals surface area contributed by atoms with Gasteiger partial charge in [-0.1, -0.05) is 12.1 Å². The Morgan fingerprint density at radius 1 is 1.31 bits per heavy atom. The number of benzene rings is 1. The molecule has 2 rings (SSSR count). The van der Waals surface area contributed by atoms with Gasteiger partial charge in [-0.2, -0.15) is 0 Å². The molecule has 70 valence electrons. The molecule has 1 N–H and O–H groups in total. The second-order valence-electron chi connectivity index (χ2n) is 3.93. The molecule has 0 amide bonds. The number of hydrogen-bond acceptors (Lipinski definition) is 1. The second kappa shape index (κ2) is 2.81. The van der Waals surface area contributed by atoms with Crippen molar-refractivity contribution in [1.82, 2.24) is 0 Å². The van der Waals surface area contributed by atoms with Gasteiger partial charge in [0, 0.05) is 0 Å². The standard InChI is InChI=1S/C11H13FO/c1-11(13,8-2-3-8)9-4-6-10(12)7-5-9/h4-8,13H,2-3H2,1H3/t11-/m1/s1. The number of rotatable bonds is 2. The summed E-state index contributed by atoms with van der Waals surface area (Å²) in [7, 11) is 0. The molecule has 1 nitrogen and oxygen atoms in total. The summed E-state index contributed by atoms with van der Waals surface area (Å²) in [5.74, 6) is 0.105. The fraction of sp³-hybridized carbons (Fsp3) is 0.455. The van der Waals surface area contributed by atoms with Crippen molar-refractivity contribution in [2.45, 2.75) is 25.4 Å². The van der Waals surface area contributed by atoms with Crippen LogP contribution in [0.1, 0.15) is 25.3 Å². The lowest BCUT2D eigenvalue weighted by molar-refractivity contribution is 0.0330. The molecule has 0 heterocycles. The third-order valence-corrected chi connectivity index (χ3v) is 2.80. The van der Waals surface area contributed by atoms with Crippen molar-refractivity contribution < 1.29 is 9.50 Å². The van der Waals surface area contributed by atoms with Gasteiger partial charge in [0.1, 0.15) is 5.82 Å². The van der Waals surface area contributed by atoms with Gasteiger partial charge >= 0.3 is 0 Å². The van der Waals surface area contributed by atoms with Crippen LogP contribution in [0.4, 0.5) is 4.39 Å². The van der Waals surface area contributed by atoms with Crippen molar-refractivity contribution in [3.8, 4) is 0 Å². The van der Waals surface area contributed by atoms with Crippen molar-refractivity contribution in [3.05, 3.63) is 35.6 Å². The lowest BCUT2D eigenvalue weighted by Crippen LogP contribution is -2.23. The third kappa shape index (κ3) is 1.59. The van der Waals surface area contributed by atoms with E-state index in [0.29, 0.717) is 5.92 Å². The van der Waals surface area contributed by atoms with Crippen molar-refractivity contribution in [1.29, 1.82) is 0 Å². The Hall–Kier alpha value is -0.890. The van der Waals surface area contributed by atoms with Crippen molar-refractivity contribution in [2.24, 2.45) is 5.92 Å². The first-order valence-electron chi connectivity index (χ1n) is 4.59. The van der Waals surface area contributed by atoms with Gasteiger partial charge in [0.05, 0.1) is 5.60 Å². The highest BCUT2D eigenvalue weighted by atomic mass is 19.1. The van der Waals surface area contributed by atoms with Gasteiger partial charge in [0.2, 0.25) is 0 Å². The minimum absolute atomic E-state index is 0.254. The van der Waals surface area contributed by atoms with E-state index >= 15 is 0 Å². The zero-order valence-electron chi connectivity index (χ0n) is 7.63. The van der Waals surface area contributed by atoms with Crippen molar-refractivity contribution >= 4 is 0 Å². The van der Waals surface area contributed by atoms with Crippen LogP contribution in [-0.4, -0.2) is 5.11 Å². The monoisotopic (exact) mass is 180 g/mol. The molecule has 1 atom stereocenters. The summed E-state index contributed by atoms with van der Waals surface area (Å²) in [6.07, 6.45) is 2.15. The average Bonchev–Trinajstić information content (AvgIpc) is 2.87. The van der Waals surface area contributed by atoms with Crippen LogP contribution in [0.15, 0.2) is 24.3 Å². The first kappa shape index (κ1) is 8.70. The normalized spacial score (nSPS) is 21.2. The largest absolute Gasteiger partial charge is 0.385 e. The van der Waals surface area contributed by atoms with E-state index in [1.54, 1.807) is 19.1 Å². The Labute approximate surface area is 77.2 Å². The minimum atomic E-state index is -0.770. The van der Waals surface area contributed by atoms with E-state index in [-0.39, 0.29) is 5.82 Å². The van der Waals surface area contributed by atoms with Crippen LogP contribution < -0.4 is 0 Å². The summed E-state index contributed by atoms with van der Waals surface area (Å²) in [5, 5.41) is 10.1. The maximum atomic E-state index is 12.6. The Bertz CT molecular complexity index is 298. The van der Waals surface area contributed by atoms with E-state index < -0.39 is 5.60 Å². The summed E-state index contributed by atoms with van der Waals surface area (Å²) in [5.41, 5.74) is 0.0460. The van der Waals surface area contributed by atoms with Crippen LogP contribution in [0.3, 0.4) is 0 Å². The maximum Gasteiger partial charge on any atom is 0.123 e. The molecule has 0 spiro atoms. The Morgan fingerprint density at radius 3 is 2.31 bits per heavy atom. The topological polar surface area (TPSA) is 20.2 Å². The zero-order chi connectivity index (χ0) is 9.47. The third-order valence-electron chi connectivity index (χ3n) is 2.80. The molecule has 1 saturated carbocycles. The summed E-state index contributed by atoms with van der Waals surface area (Å²) in [4.78, 5) is 0. The smallest absolute Gasteiger partial charge is 0.123 e. The zero-order valence-corrected chi connectivity index (χ0v) is 7.63. The highest BCUT2D eigenvalue weighted by molar-refractivity contribution is 5.24. The van der Waals surface area contributed by atoms with E-state index in [4.69, 9.17) is 0 Å². The van der Waals surface area contributed by atoms with E-state index in [1.807, 2.05) is 0 Å². The molecule has 1 aromatic carbocycles. The average molecular weight is 180 g/mol. The van der Waals surface area contributed by atoms with Gasteiger partial charge in [0.25, 0.3) is 0 Å². The van der Waals surface area contributed by atoms with Gasteiger partial charge in [0.15, 0.2) is 0 Å². The molecule has 0 saturated heterocycles. The van der Waals surface area contributed by atoms with Gasteiger partial charge in [-0.05, 0) is 43.4 Å². The highest BCUT2D eigenvalue weighted by Crippen LogP contribution is 2.45. The molecule has 0 aliphatic heterocycles. The van der Waals surface area contributed by atoms with Gasteiger partial charge in [-0.3, -0.25) is 0 Å². The highest BCUT2D eigenvalue weighted by Gasteiger charge is 2.40. The number of aliphatic hydroxyl groups is 1. The molecule has 0 aromatic heterocycles. The first-order chi connectivity index (χ1) is 6.10. The van der Waals surface area contributed by atoms with Crippen LogP contribution in [-0.2, 0) is 5.60 Å². The fourth-order valence-electron chi connectivity index (χ4n) is 1.67. The Kier molecular flexibility index (Phi) is 1.88. The van der Waals surface area contributed by atoms with Crippen LogP contribution in [0.2, 0.25) is 0 Å². The summed E-state index contributed by atoms with van der Waals surface area (Å²) < 4.78 is 12.6. The fourth-order valence-corrected chi connectivity index (χ4v) is 1.67. The Morgan fingerprint density at radius 2 is 1.85 bits per heavy atom. The van der Waals surface area contributed by atoms with E-state index in [2.05, 4.69) is 0 Å². The SMILES string of the molecule is C[C@](O)(c1ccc(F)cc1)C1CC1. The molecule has 0 unspecified atom stereocenters. The first-order valence-corrected chi connectivity index (χ1v) is 4.59. The van der Waals surface area contributed by atoms with E-state index in [0.717, 1.165) is 18.4 Å². The Balaban J connectivity index is 2.28. The molecule has 1 aromatic rings. The van der Waals surface area contributed by atoms with Crippen LogP contribution in [0.25, 0.3) is 0 Å². The summed E-state index contributed by atoms with van der Waals surface area (Å²) in [6, 6.07) is 6.11. The minimum Gasteiger partial charge on any atom is -0.385 e. The van der Waals surface area contributed by atoms with Crippen LogP contribution in [0, 0.1) is 11.7 Å². The second-order valence-corrected chi connectivity index (χ2v) is 3.93. The molecular weight excluding hydrogens is 167 g/mol. The quantitative estimate of drug-likeness (QED) is 0.741. The molecular formula is C11H13FO. The number of halogens is 1. The molecule has 1 aliphatic carbocycles.